The Morgan fingerprint density at radius 3 is 1.85 bits per heavy atom. The van der Waals surface area contributed by atoms with Gasteiger partial charge < -0.3 is 12.7 Å². The quantitative estimate of drug-likeness (QED) is 0.597. The van der Waals surface area contributed by atoms with Crippen molar-refractivity contribution in [1.82, 2.24) is 0 Å². The molecular formula is C9H13NO2Re-2. The van der Waals surface area contributed by atoms with E-state index in [0.717, 1.165) is 0 Å². The summed E-state index contributed by atoms with van der Waals surface area (Å²) in [6, 6.07) is 0. The molecule has 0 atom stereocenters. The van der Waals surface area contributed by atoms with Crippen molar-refractivity contribution in [2.24, 2.45) is 0 Å². The maximum Gasteiger partial charge on any atom is 0.226 e. The first-order valence-electron chi connectivity index (χ1n) is 3.52. The molecule has 0 spiro atoms. The number of hydrogen-bond donors (Lipinski definition) is 0. The van der Waals surface area contributed by atoms with Crippen LogP contribution in [-0.2, 0) is 20.4 Å². The minimum atomic E-state index is -0.434. The summed E-state index contributed by atoms with van der Waals surface area (Å²) in [6.45, 7) is 3.76. The van der Waals surface area contributed by atoms with Gasteiger partial charge in [-0.1, -0.05) is 19.5 Å². The van der Waals surface area contributed by atoms with Crippen LogP contribution in [0.3, 0.4) is 0 Å². The normalized spacial score (nSPS) is 9.23. The van der Waals surface area contributed by atoms with Crippen molar-refractivity contribution in [1.29, 1.82) is 0 Å². The van der Waals surface area contributed by atoms with Crippen LogP contribution in [0.4, 0.5) is 5.69 Å². The summed E-state index contributed by atoms with van der Waals surface area (Å²) in [4.78, 5) is 21.7. The molecule has 1 aromatic rings. The van der Waals surface area contributed by atoms with Crippen molar-refractivity contribution < 1.29 is 20.4 Å². The van der Waals surface area contributed by atoms with E-state index >= 15 is 0 Å². The minimum Gasteiger partial charge on any atom is -0.683 e. The molecule has 13 heavy (non-hydrogen) atoms. The molecule has 1 rings (SSSR count). The van der Waals surface area contributed by atoms with E-state index in [1.807, 2.05) is 13.8 Å². The van der Waals surface area contributed by atoms with Gasteiger partial charge in [0.05, 0.1) is 0 Å². The van der Waals surface area contributed by atoms with Gasteiger partial charge in [-0.05, 0) is 11.5 Å². The Balaban J connectivity index is 0. The van der Waals surface area contributed by atoms with Gasteiger partial charge in [-0.2, -0.15) is 0 Å². The summed E-state index contributed by atoms with van der Waals surface area (Å²) in [5.41, 5.74) is 0.152. The van der Waals surface area contributed by atoms with Crippen molar-refractivity contribution >= 4 is 5.69 Å². The van der Waals surface area contributed by atoms with E-state index in [4.69, 9.17) is 0 Å². The van der Waals surface area contributed by atoms with Crippen LogP contribution in [0.5, 0.6) is 0 Å². The van der Waals surface area contributed by atoms with Gasteiger partial charge in [-0.15, -0.1) is 7.05 Å². The topological polar surface area (TPSA) is 48.2 Å². The van der Waals surface area contributed by atoms with Gasteiger partial charge in [0.1, 0.15) is 0 Å². The Morgan fingerprint density at radius 2 is 1.62 bits per heavy atom. The average Bonchev–Trinajstić information content (AvgIpc) is 1.96. The first-order chi connectivity index (χ1) is 5.09. The predicted octanol–water partition coefficient (Wildman–Crippen LogP) is 1.49. The third kappa shape index (κ3) is 2.26. The molecule has 0 unspecified atom stereocenters. The first kappa shape index (κ1) is 15.0. The molecule has 0 aliphatic heterocycles. The molecule has 0 amide bonds. The number of hydrogen-bond acceptors (Lipinski definition) is 2. The standard InChI is InChI=1S/C8H11NO2.CH3.Re/c1-4(2)5-6(9-3)8(11)7(5)10;;/h4H,1-3H3,(H,9,10);1H3;/q;-1;/p-1. The smallest absolute Gasteiger partial charge is 0.226 e. The summed E-state index contributed by atoms with van der Waals surface area (Å²) in [7, 11) is 1.53. The van der Waals surface area contributed by atoms with Gasteiger partial charge in [-0.25, -0.2) is 0 Å². The van der Waals surface area contributed by atoms with Crippen LogP contribution >= 0.6 is 0 Å². The zero-order valence-corrected chi connectivity index (χ0v) is 10.9. The van der Waals surface area contributed by atoms with E-state index in [0.29, 0.717) is 11.3 Å². The maximum absolute atomic E-state index is 10.9. The van der Waals surface area contributed by atoms with E-state index in [1.54, 1.807) is 0 Å². The monoisotopic (exact) mass is 354 g/mol. The van der Waals surface area contributed by atoms with Gasteiger partial charge in [0.2, 0.25) is 10.9 Å². The van der Waals surface area contributed by atoms with Crippen LogP contribution in [0.1, 0.15) is 25.3 Å². The molecule has 0 aliphatic carbocycles. The Bertz CT molecular complexity index is 337. The second kappa shape index (κ2) is 5.31. The van der Waals surface area contributed by atoms with E-state index in [-0.39, 0.29) is 39.2 Å². The zero-order chi connectivity index (χ0) is 8.59. The van der Waals surface area contributed by atoms with Crippen LogP contribution < -0.4 is 10.9 Å². The Kier molecular flexibility index (Phi) is 6.14. The third-order valence-electron chi connectivity index (χ3n) is 1.72. The molecule has 0 saturated heterocycles. The Hall–Kier alpha value is -0.458. The number of rotatable bonds is 2. The molecule has 1 radical (unpaired) electrons. The SMILES string of the molecule is C[N-]c1c(C(C)C)c(=O)c1=O.[CH3-].[Re]. The Morgan fingerprint density at radius 1 is 1.15 bits per heavy atom. The van der Waals surface area contributed by atoms with Gasteiger partial charge in [0, 0.05) is 20.4 Å². The Labute approximate surface area is 91.9 Å². The van der Waals surface area contributed by atoms with E-state index in [1.165, 1.54) is 7.05 Å². The molecule has 0 N–H and O–H groups in total. The van der Waals surface area contributed by atoms with Crippen LogP contribution in [0.15, 0.2) is 9.59 Å². The molecule has 1 aromatic carbocycles. The van der Waals surface area contributed by atoms with Crippen LogP contribution in [0.2, 0.25) is 0 Å². The molecule has 0 saturated carbocycles. The van der Waals surface area contributed by atoms with Gasteiger partial charge in [-0.3, -0.25) is 9.59 Å². The van der Waals surface area contributed by atoms with Crippen molar-refractivity contribution in [3.8, 4) is 0 Å². The molecule has 0 aromatic heterocycles. The predicted molar refractivity (Wildman–Crippen MR) is 50.8 cm³/mol. The molecule has 0 heterocycles. The molecular weight excluding hydrogens is 340 g/mol. The molecule has 4 heteroatoms. The van der Waals surface area contributed by atoms with Gasteiger partial charge >= 0.3 is 0 Å². The second-order valence-electron chi connectivity index (χ2n) is 2.80. The largest absolute Gasteiger partial charge is 0.683 e. The van der Waals surface area contributed by atoms with Crippen molar-refractivity contribution in [3.63, 3.8) is 0 Å². The van der Waals surface area contributed by atoms with Crippen molar-refractivity contribution in [2.45, 2.75) is 19.8 Å². The van der Waals surface area contributed by atoms with Crippen LogP contribution in [-0.4, -0.2) is 7.05 Å². The van der Waals surface area contributed by atoms with E-state index in [2.05, 4.69) is 5.32 Å². The van der Waals surface area contributed by atoms with Crippen molar-refractivity contribution in [2.75, 3.05) is 7.05 Å². The van der Waals surface area contributed by atoms with Gasteiger partial charge in [0.25, 0.3) is 0 Å². The van der Waals surface area contributed by atoms with Gasteiger partial charge in [0.15, 0.2) is 0 Å². The van der Waals surface area contributed by atoms with E-state index in [9.17, 15) is 9.59 Å². The maximum atomic E-state index is 10.9. The molecule has 75 valence electrons. The molecule has 0 bridgehead atoms. The fraction of sp³-hybridized carbons (Fsp3) is 0.444. The first-order valence-corrected chi connectivity index (χ1v) is 3.52. The zero-order valence-electron chi connectivity index (χ0n) is 8.22. The second-order valence-corrected chi connectivity index (χ2v) is 2.80. The summed E-state index contributed by atoms with van der Waals surface area (Å²) in [5.74, 6) is 0.110. The average molecular weight is 353 g/mol. The molecule has 0 fully saturated rings. The van der Waals surface area contributed by atoms with Crippen LogP contribution in [0, 0.1) is 7.43 Å². The summed E-state index contributed by atoms with van der Waals surface area (Å²) >= 11 is 0. The molecule has 0 aliphatic rings. The summed E-state index contributed by atoms with van der Waals surface area (Å²) in [6.07, 6.45) is 0. The minimum absolute atomic E-state index is 0. The third-order valence-corrected chi connectivity index (χ3v) is 1.72. The summed E-state index contributed by atoms with van der Waals surface area (Å²) in [5, 5.41) is 3.74. The summed E-state index contributed by atoms with van der Waals surface area (Å²) < 4.78 is 0. The number of nitrogens with zero attached hydrogens (tertiary/aromatic N) is 1. The fourth-order valence-electron chi connectivity index (χ4n) is 1.15. The van der Waals surface area contributed by atoms with Crippen molar-refractivity contribution in [3.05, 3.63) is 38.8 Å². The molecule has 3 nitrogen and oxygen atoms in total. The van der Waals surface area contributed by atoms with Crippen LogP contribution in [0.25, 0.3) is 5.32 Å². The fourth-order valence-corrected chi connectivity index (χ4v) is 1.15. The van der Waals surface area contributed by atoms with E-state index < -0.39 is 5.43 Å².